The van der Waals surface area contributed by atoms with Crippen molar-refractivity contribution in [2.45, 2.75) is 13.5 Å². The van der Waals surface area contributed by atoms with E-state index in [1.807, 2.05) is 0 Å². The number of halogens is 2. The Bertz CT molecular complexity index is 898. The van der Waals surface area contributed by atoms with Gasteiger partial charge in [0, 0.05) is 24.4 Å². The van der Waals surface area contributed by atoms with Gasteiger partial charge in [0.15, 0.2) is 6.61 Å². The SMILES string of the molecule is CC(=O)Nc1cccc(NC(=O)COC(=O)/C=C/c2ccc(OC(F)F)cc2)c1. The van der Waals surface area contributed by atoms with E-state index in [0.717, 1.165) is 6.08 Å². The van der Waals surface area contributed by atoms with Crippen molar-refractivity contribution in [1.82, 2.24) is 0 Å². The Morgan fingerprint density at radius 2 is 1.69 bits per heavy atom. The lowest BCUT2D eigenvalue weighted by Gasteiger charge is -2.08. The first-order valence-corrected chi connectivity index (χ1v) is 8.39. The average molecular weight is 404 g/mol. The molecule has 0 bridgehead atoms. The van der Waals surface area contributed by atoms with E-state index < -0.39 is 25.1 Å². The van der Waals surface area contributed by atoms with Crippen LogP contribution in [-0.4, -0.2) is 31.0 Å². The summed E-state index contributed by atoms with van der Waals surface area (Å²) in [5, 5.41) is 5.12. The third-order valence-corrected chi connectivity index (χ3v) is 3.33. The summed E-state index contributed by atoms with van der Waals surface area (Å²) in [6.07, 6.45) is 2.51. The first kappa shape index (κ1) is 21.5. The van der Waals surface area contributed by atoms with Crippen LogP contribution in [0.5, 0.6) is 5.75 Å². The van der Waals surface area contributed by atoms with Crippen LogP contribution in [0.25, 0.3) is 6.08 Å². The lowest BCUT2D eigenvalue weighted by atomic mass is 10.2. The fourth-order valence-corrected chi connectivity index (χ4v) is 2.18. The number of benzene rings is 2. The predicted molar refractivity (Wildman–Crippen MR) is 102 cm³/mol. The molecule has 0 saturated carbocycles. The molecule has 0 spiro atoms. The second-order valence-corrected chi connectivity index (χ2v) is 5.70. The summed E-state index contributed by atoms with van der Waals surface area (Å²) in [7, 11) is 0. The largest absolute Gasteiger partial charge is 0.452 e. The third-order valence-electron chi connectivity index (χ3n) is 3.33. The van der Waals surface area contributed by atoms with Crippen LogP contribution in [0, 0.1) is 0 Å². The van der Waals surface area contributed by atoms with Gasteiger partial charge in [0.1, 0.15) is 5.75 Å². The summed E-state index contributed by atoms with van der Waals surface area (Å²) < 4.78 is 33.2. The molecule has 0 heterocycles. The number of amides is 2. The van der Waals surface area contributed by atoms with Crippen molar-refractivity contribution < 1.29 is 32.6 Å². The van der Waals surface area contributed by atoms with Crippen molar-refractivity contribution in [3.8, 4) is 5.75 Å². The first-order valence-electron chi connectivity index (χ1n) is 8.39. The summed E-state index contributed by atoms with van der Waals surface area (Å²) >= 11 is 0. The molecule has 29 heavy (non-hydrogen) atoms. The van der Waals surface area contributed by atoms with Crippen LogP contribution in [0.2, 0.25) is 0 Å². The van der Waals surface area contributed by atoms with E-state index in [1.165, 1.54) is 37.3 Å². The maximum Gasteiger partial charge on any atom is 0.387 e. The molecule has 0 fully saturated rings. The van der Waals surface area contributed by atoms with E-state index in [-0.39, 0.29) is 11.7 Å². The number of carbonyl (C=O) groups is 3. The van der Waals surface area contributed by atoms with Crippen molar-refractivity contribution in [2.24, 2.45) is 0 Å². The number of rotatable bonds is 8. The highest BCUT2D eigenvalue weighted by Crippen LogP contribution is 2.16. The average Bonchev–Trinajstić information content (AvgIpc) is 2.65. The molecule has 152 valence electrons. The van der Waals surface area contributed by atoms with E-state index in [4.69, 9.17) is 4.74 Å². The molecule has 0 unspecified atom stereocenters. The monoisotopic (exact) mass is 404 g/mol. The van der Waals surface area contributed by atoms with Gasteiger partial charge in [0.05, 0.1) is 0 Å². The van der Waals surface area contributed by atoms with Gasteiger partial charge in [-0.05, 0) is 42.0 Å². The number of nitrogens with one attached hydrogen (secondary N) is 2. The quantitative estimate of drug-likeness (QED) is 0.519. The van der Waals surface area contributed by atoms with Crippen molar-refractivity contribution in [3.05, 3.63) is 60.2 Å². The van der Waals surface area contributed by atoms with E-state index in [9.17, 15) is 23.2 Å². The maximum atomic E-state index is 12.1. The second kappa shape index (κ2) is 10.5. The number of hydrogen-bond donors (Lipinski definition) is 2. The van der Waals surface area contributed by atoms with E-state index >= 15 is 0 Å². The Balaban J connectivity index is 1.80. The van der Waals surface area contributed by atoms with Gasteiger partial charge in [-0.25, -0.2) is 4.79 Å². The van der Waals surface area contributed by atoms with Crippen molar-refractivity contribution in [2.75, 3.05) is 17.2 Å². The van der Waals surface area contributed by atoms with Gasteiger partial charge in [0.2, 0.25) is 5.91 Å². The topological polar surface area (TPSA) is 93.7 Å². The predicted octanol–water partition coefficient (Wildman–Crippen LogP) is 3.44. The van der Waals surface area contributed by atoms with Gasteiger partial charge in [-0.1, -0.05) is 18.2 Å². The van der Waals surface area contributed by atoms with E-state index in [0.29, 0.717) is 16.9 Å². The molecule has 0 aliphatic heterocycles. The maximum absolute atomic E-state index is 12.1. The molecule has 7 nitrogen and oxygen atoms in total. The molecule has 2 rings (SSSR count). The highest BCUT2D eigenvalue weighted by Gasteiger charge is 2.07. The molecule has 2 aromatic carbocycles. The number of hydrogen-bond acceptors (Lipinski definition) is 5. The van der Waals surface area contributed by atoms with E-state index in [1.54, 1.807) is 24.3 Å². The van der Waals surface area contributed by atoms with Gasteiger partial charge < -0.3 is 20.1 Å². The minimum absolute atomic E-state index is 0.000954. The van der Waals surface area contributed by atoms with Gasteiger partial charge in [-0.3, -0.25) is 9.59 Å². The summed E-state index contributed by atoms with van der Waals surface area (Å²) in [4.78, 5) is 34.6. The normalized spacial score (nSPS) is 10.6. The zero-order valence-electron chi connectivity index (χ0n) is 15.4. The molecular formula is C20H18F2N2O5. The minimum atomic E-state index is -2.91. The molecule has 0 aliphatic rings. The van der Waals surface area contributed by atoms with Crippen LogP contribution in [-0.2, 0) is 19.1 Å². The molecule has 2 amide bonds. The fourth-order valence-electron chi connectivity index (χ4n) is 2.18. The molecular weight excluding hydrogens is 386 g/mol. The lowest BCUT2D eigenvalue weighted by molar-refractivity contribution is -0.142. The highest BCUT2D eigenvalue weighted by molar-refractivity contribution is 5.95. The smallest absolute Gasteiger partial charge is 0.387 e. The fraction of sp³-hybridized carbons (Fsp3) is 0.150. The molecule has 9 heteroatoms. The van der Waals surface area contributed by atoms with Crippen LogP contribution in [0.4, 0.5) is 20.2 Å². The van der Waals surface area contributed by atoms with Crippen molar-refractivity contribution >= 4 is 35.2 Å². The van der Waals surface area contributed by atoms with Crippen LogP contribution in [0.3, 0.4) is 0 Å². The lowest BCUT2D eigenvalue weighted by Crippen LogP contribution is -2.20. The molecule has 0 radical (unpaired) electrons. The molecule has 0 saturated heterocycles. The Labute approximate surface area is 165 Å². The third kappa shape index (κ3) is 8.21. The molecule has 0 aromatic heterocycles. The van der Waals surface area contributed by atoms with Crippen LogP contribution in [0.1, 0.15) is 12.5 Å². The summed E-state index contributed by atoms with van der Waals surface area (Å²) in [6, 6.07) is 12.1. The van der Waals surface area contributed by atoms with Crippen molar-refractivity contribution in [3.63, 3.8) is 0 Å². The second-order valence-electron chi connectivity index (χ2n) is 5.70. The number of esters is 1. The highest BCUT2D eigenvalue weighted by atomic mass is 19.3. The molecule has 0 aliphatic carbocycles. The zero-order valence-corrected chi connectivity index (χ0v) is 15.4. The van der Waals surface area contributed by atoms with Gasteiger partial charge in [-0.15, -0.1) is 0 Å². The molecule has 0 atom stereocenters. The Kier molecular flexibility index (Phi) is 7.84. The Hall–Kier alpha value is -3.75. The Morgan fingerprint density at radius 3 is 2.31 bits per heavy atom. The standard InChI is InChI=1S/C20H18F2N2O5/c1-13(25)23-15-3-2-4-16(11-15)24-18(26)12-28-19(27)10-7-14-5-8-17(9-6-14)29-20(21)22/h2-11,20H,12H2,1H3,(H,23,25)(H,24,26)/b10-7+. The summed E-state index contributed by atoms with van der Waals surface area (Å²) in [5.74, 6) is -1.55. The van der Waals surface area contributed by atoms with Crippen LogP contribution < -0.4 is 15.4 Å². The summed E-state index contributed by atoms with van der Waals surface area (Å²) in [6.45, 7) is -2.05. The molecule has 2 N–H and O–H groups in total. The summed E-state index contributed by atoms with van der Waals surface area (Å²) in [5.41, 5.74) is 1.50. The van der Waals surface area contributed by atoms with Crippen molar-refractivity contribution in [1.29, 1.82) is 0 Å². The van der Waals surface area contributed by atoms with Gasteiger partial charge in [0.25, 0.3) is 5.91 Å². The van der Waals surface area contributed by atoms with Crippen LogP contribution >= 0.6 is 0 Å². The Morgan fingerprint density at radius 1 is 1.03 bits per heavy atom. The molecule has 2 aromatic rings. The van der Waals surface area contributed by atoms with Gasteiger partial charge in [-0.2, -0.15) is 8.78 Å². The number of carbonyl (C=O) groups excluding carboxylic acids is 3. The minimum Gasteiger partial charge on any atom is -0.452 e. The first-order chi connectivity index (χ1) is 13.8. The number of alkyl halides is 2. The van der Waals surface area contributed by atoms with Gasteiger partial charge >= 0.3 is 12.6 Å². The van der Waals surface area contributed by atoms with E-state index in [2.05, 4.69) is 15.4 Å². The van der Waals surface area contributed by atoms with Crippen LogP contribution in [0.15, 0.2) is 54.6 Å². The number of ether oxygens (including phenoxy) is 2. The number of anilines is 2. The zero-order chi connectivity index (χ0) is 21.2.